The molecule has 2 atom stereocenters. The summed E-state index contributed by atoms with van der Waals surface area (Å²) in [5.41, 5.74) is 4.41. The number of nitrogens with zero attached hydrogens (tertiary/aromatic N) is 3. The number of para-hydroxylation sites is 1. The molecule has 2 aromatic heterocycles. The van der Waals surface area contributed by atoms with Crippen molar-refractivity contribution < 1.29 is 5.11 Å². The van der Waals surface area contributed by atoms with E-state index in [4.69, 9.17) is 4.98 Å². The fraction of sp³-hybridized carbons (Fsp3) is 0.364. The largest absolute Gasteiger partial charge is 0.391 e. The molecule has 1 aliphatic heterocycles. The van der Waals surface area contributed by atoms with Crippen LogP contribution in [0.5, 0.6) is 0 Å². The lowest BCUT2D eigenvalue weighted by atomic mass is 9.99. The van der Waals surface area contributed by atoms with Crippen LogP contribution < -0.4 is 0 Å². The van der Waals surface area contributed by atoms with Gasteiger partial charge in [-0.1, -0.05) is 37.3 Å². The third kappa shape index (κ3) is 3.76. The molecule has 0 amide bonds. The minimum Gasteiger partial charge on any atom is -0.391 e. The van der Waals surface area contributed by atoms with Crippen molar-refractivity contribution in [3.8, 4) is 0 Å². The van der Waals surface area contributed by atoms with Crippen molar-refractivity contribution in [2.24, 2.45) is 5.92 Å². The second-order valence-corrected chi connectivity index (χ2v) is 7.23. The van der Waals surface area contributed by atoms with Gasteiger partial charge >= 0.3 is 0 Å². The van der Waals surface area contributed by atoms with E-state index in [-0.39, 0.29) is 12.0 Å². The summed E-state index contributed by atoms with van der Waals surface area (Å²) in [6.45, 7) is 4.52. The predicted molar refractivity (Wildman–Crippen MR) is 104 cm³/mol. The minimum absolute atomic E-state index is 0.221. The average Bonchev–Trinajstić information content (AvgIpc) is 3.01. The molecule has 0 unspecified atom stereocenters. The zero-order valence-electron chi connectivity index (χ0n) is 15.2. The van der Waals surface area contributed by atoms with Gasteiger partial charge in [-0.05, 0) is 36.6 Å². The van der Waals surface area contributed by atoms with Gasteiger partial charge in [-0.25, -0.2) is 0 Å². The van der Waals surface area contributed by atoms with E-state index in [1.165, 1.54) is 5.56 Å². The normalized spacial score (nSPS) is 20.7. The van der Waals surface area contributed by atoms with E-state index in [9.17, 15) is 5.11 Å². The zero-order valence-corrected chi connectivity index (χ0v) is 15.2. The van der Waals surface area contributed by atoms with E-state index < -0.39 is 0 Å². The first-order chi connectivity index (χ1) is 12.7. The van der Waals surface area contributed by atoms with Crippen molar-refractivity contribution in [3.05, 3.63) is 71.7 Å². The molecule has 3 aromatic rings. The lowest BCUT2D eigenvalue weighted by Gasteiger charge is -2.15. The molecule has 4 rings (SSSR count). The van der Waals surface area contributed by atoms with Crippen LogP contribution in [-0.4, -0.2) is 39.2 Å². The Kier molecular flexibility index (Phi) is 4.96. The van der Waals surface area contributed by atoms with Gasteiger partial charge in [0.25, 0.3) is 0 Å². The highest BCUT2D eigenvalue weighted by atomic mass is 16.3. The first-order valence-electron chi connectivity index (χ1n) is 9.40. The summed E-state index contributed by atoms with van der Waals surface area (Å²) in [6.07, 6.45) is 3.47. The highest BCUT2D eigenvalue weighted by Gasteiger charge is 2.31. The van der Waals surface area contributed by atoms with Gasteiger partial charge in [-0.15, -0.1) is 0 Å². The van der Waals surface area contributed by atoms with Crippen molar-refractivity contribution in [3.63, 3.8) is 0 Å². The molecular formula is C22H25N3O. The number of aliphatic hydroxyl groups excluding tert-OH is 1. The Morgan fingerprint density at radius 3 is 2.69 bits per heavy atom. The number of pyridine rings is 2. The maximum Gasteiger partial charge on any atom is 0.0711 e. The van der Waals surface area contributed by atoms with Crippen molar-refractivity contribution in [2.75, 3.05) is 13.1 Å². The second-order valence-electron chi connectivity index (χ2n) is 7.23. The minimum atomic E-state index is -0.307. The topological polar surface area (TPSA) is 49.2 Å². The van der Waals surface area contributed by atoms with Crippen molar-refractivity contribution in [2.45, 2.75) is 32.4 Å². The number of rotatable bonds is 5. The molecule has 1 N–H and O–H groups in total. The number of aryl methyl sites for hydroxylation is 1. The quantitative estimate of drug-likeness (QED) is 0.770. The third-order valence-corrected chi connectivity index (χ3v) is 5.29. The summed E-state index contributed by atoms with van der Waals surface area (Å²) in [6, 6.07) is 16.6. The van der Waals surface area contributed by atoms with E-state index in [1.807, 2.05) is 24.4 Å². The lowest BCUT2D eigenvalue weighted by molar-refractivity contribution is 0.140. The van der Waals surface area contributed by atoms with Gasteiger partial charge in [0.15, 0.2) is 0 Å². The highest BCUT2D eigenvalue weighted by molar-refractivity contribution is 5.78. The fourth-order valence-corrected chi connectivity index (χ4v) is 3.75. The summed E-state index contributed by atoms with van der Waals surface area (Å²) in [4.78, 5) is 11.6. The number of aromatic nitrogens is 2. The molecule has 4 nitrogen and oxygen atoms in total. The summed E-state index contributed by atoms with van der Waals surface area (Å²) in [7, 11) is 0. The molecule has 0 radical (unpaired) electrons. The van der Waals surface area contributed by atoms with Crippen LogP contribution in [0.2, 0.25) is 0 Å². The van der Waals surface area contributed by atoms with Gasteiger partial charge < -0.3 is 5.11 Å². The molecule has 4 heteroatoms. The number of aliphatic hydroxyl groups is 1. The molecule has 0 bridgehead atoms. The highest BCUT2D eigenvalue weighted by Crippen LogP contribution is 2.23. The van der Waals surface area contributed by atoms with Crippen LogP contribution in [-0.2, 0) is 19.4 Å². The third-order valence-electron chi connectivity index (χ3n) is 5.29. The van der Waals surface area contributed by atoms with Crippen LogP contribution in [0.15, 0.2) is 54.7 Å². The predicted octanol–water partition coefficient (Wildman–Crippen LogP) is 3.23. The Morgan fingerprint density at radius 2 is 1.88 bits per heavy atom. The first-order valence-corrected chi connectivity index (χ1v) is 9.40. The molecule has 0 spiro atoms. The van der Waals surface area contributed by atoms with Crippen LogP contribution in [0, 0.1) is 5.92 Å². The van der Waals surface area contributed by atoms with E-state index in [0.717, 1.165) is 48.2 Å². The molecule has 0 aliphatic carbocycles. The Morgan fingerprint density at radius 1 is 1.04 bits per heavy atom. The first kappa shape index (κ1) is 17.1. The van der Waals surface area contributed by atoms with Gasteiger partial charge in [0.1, 0.15) is 0 Å². The molecule has 1 aliphatic rings. The van der Waals surface area contributed by atoms with Crippen molar-refractivity contribution >= 4 is 10.9 Å². The van der Waals surface area contributed by atoms with Crippen LogP contribution in [0.3, 0.4) is 0 Å². The van der Waals surface area contributed by atoms with Crippen LogP contribution in [0.1, 0.15) is 23.9 Å². The van der Waals surface area contributed by atoms with E-state index >= 15 is 0 Å². The Bertz CT molecular complexity index is 878. The summed E-state index contributed by atoms with van der Waals surface area (Å²) in [5, 5.41) is 11.7. The number of likely N-dealkylation sites (tertiary alicyclic amines) is 1. The van der Waals surface area contributed by atoms with Gasteiger partial charge in [-0.3, -0.25) is 14.9 Å². The van der Waals surface area contributed by atoms with Crippen LogP contribution in [0.25, 0.3) is 10.9 Å². The fourth-order valence-electron chi connectivity index (χ4n) is 3.75. The van der Waals surface area contributed by atoms with Gasteiger partial charge in [0.05, 0.1) is 17.3 Å². The Labute approximate surface area is 154 Å². The number of hydrogen-bond donors (Lipinski definition) is 1. The number of benzene rings is 1. The zero-order chi connectivity index (χ0) is 17.9. The van der Waals surface area contributed by atoms with Crippen LogP contribution in [0.4, 0.5) is 0 Å². The number of hydrogen-bond acceptors (Lipinski definition) is 4. The molecule has 134 valence electrons. The molecule has 1 saturated heterocycles. The van der Waals surface area contributed by atoms with Crippen LogP contribution >= 0.6 is 0 Å². The van der Waals surface area contributed by atoms with Crippen molar-refractivity contribution in [1.29, 1.82) is 0 Å². The van der Waals surface area contributed by atoms with Gasteiger partial charge in [0.2, 0.25) is 0 Å². The maximum atomic E-state index is 10.5. The second kappa shape index (κ2) is 7.52. The number of fused-ring (bicyclic) bond motifs is 1. The standard InChI is InChI=1S/C22H25N3O/c1-2-16-7-9-20(23-12-16)14-25-13-18(22(26)15-25)11-19-10-8-17-5-3-4-6-21(17)24-19/h3-10,12,18,22,26H,2,11,13-15H2,1H3/t18-,22-/m1/s1. The Hall–Kier alpha value is -2.30. The number of β-amino-alcohol motifs (C(OH)–C–C–N with tert-alkyl or cyclic N) is 1. The summed E-state index contributed by atoms with van der Waals surface area (Å²) < 4.78 is 0. The van der Waals surface area contributed by atoms with E-state index in [1.54, 1.807) is 0 Å². The van der Waals surface area contributed by atoms with E-state index in [0.29, 0.717) is 6.54 Å². The summed E-state index contributed by atoms with van der Waals surface area (Å²) in [5.74, 6) is 0.221. The lowest BCUT2D eigenvalue weighted by Crippen LogP contribution is -2.22. The molecule has 1 aromatic carbocycles. The van der Waals surface area contributed by atoms with Gasteiger partial charge in [0, 0.05) is 42.8 Å². The monoisotopic (exact) mass is 347 g/mol. The molecule has 0 saturated carbocycles. The molecule has 1 fully saturated rings. The molecular weight excluding hydrogens is 322 g/mol. The SMILES string of the molecule is CCc1ccc(CN2C[C@@H](Cc3ccc4ccccc4n3)[C@H](O)C2)nc1. The summed E-state index contributed by atoms with van der Waals surface area (Å²) >= 11 is 0. The maximum absolute atomic E-state index is 10.5. The van der Waals surface area contributed by atoms with Gasteiger partial charge in [-0.2, -0.15) is 0 Å². The van der Waals surface area contributed by atoms with E-state index in [2.05, 4.69) is 47.1 Å². The molecule has 26 heavy (non-hydrogen) atoms. The van der Waals surface area contributed by atoms with Crippen molar-refractivity contribution in [1.82, 2.24) is 14.9 Å². The average molecular weight is 347 g/mol. The smallest absolute Gasteiger partial charge is 0.0711 e. The molecule has 3 heterocycles. The Balaban J connectivity index is 1.41.